The summed E-state index contributed by atoms with van der Waals surface area (Å²) >= 11 is 12.4. The van der Waals surface area contributed by atoms with Crippen LogP contribution in [0.5, 0.6) is 0 Å². The van der Waals surface area contributed by atoms with Gasteiger partial charge < -0.3 is 10.2 Å². The maximum atomic E-state index is 14.1. The summed E-state index contributed by atoms with van der Waals surface area (Å²) in [6.45, 7) is 8.88. The summed E-state index contributed by atoms with van der Waals surface area (Å²) in [5.74, 6) is -0.835. The van der Waals surface area contributed by atoms with E-state index in [0.29, 0.717) is 6.42 Å². The van der Waals surface area contributed by atoms with Gasteiger partial charge in [-0.25, -0.2) is 8.42 Å². The lowest BCUT2D eigenvalue weighted by atomic mass is 10.1. The Hall–Kier alpha value is -3.07. The van der Waals surface area contributed by atoms with Crippen molar-refractivity contribution in [3.8, 4) is 0 Å². The van der Waals surface area contributed by atoms with E-state index >= 15 is 0 Å². The fraction of sp³-hybridized carbons (Fsp3) is 0.333. The highest BCUT2D eigenvalue weighted by molar-refractivity contribution is 7.92. The van der Waals surface area contributed by atoms with Crippen LogP contribution in [0.15, 0.2) is 71.6 Å². The molecule has 0 bridgehead atoms. The first-order chi connectivity index (χ1) is 18.8. The van der Waals surface area contributed by atoms with Gasteiger partial charge in [0.25, 0.3) is 10.0 Å². The summed E-state index contributed by atoms with van der Waals surface area (Å²) in [5.41, 5.74) is 2.88. The molecule has 0 heterocycles. The van der Waals surface area contributed by atoms with Crippen LogP contribution in [0.2, 0.25) is 10.0 Å². The average molecular weight is 605 g/mol. The molecule has 40 heavy (non-hydrogen) atoms. The standard InChI is InChI=1S/C30H35Cl2N3O4S/c1-6-28(30(37)33-20(2)3)34(18-23-10-8-7-9-22(23)5)29(36)19-35(24-13-16-26(31)27(32)17-24)40(38,39)25-14-11-21(4)12-15-25/h7-17,20,28H,6,18-19H2,1-5H3,(H,33,37)/t28-/m1/s1. The molecule has 0 aliphatic heterocycles. The number of hydrogen-bond acceptors (Lipinski definition) is 4. The number of carbonyl (C=O) groups excluding carboxylic acids is 2. The van der Waals surface area contributed by atoms with Crippen molar-refractivity contribution in [1.29, 1.82) is 0 Å². The fourth-order valence-corrected chi connectivity index (χ4v) is 5.98. The molecule has 0 aliphatic carbocycles. The van der Waals surface area contributed by atoms with Crippen molar-refractivity contribution in [3.05, 3.63) is 93.5 Å². The fourth-order valence-electron chi connectivity index (χ4n) is 4.28. The lowest BCUT2D eigenvalue weighted by Crippen LogP contribution is -2.53. The van der Waals surface area contributed by atoms with Crippen LogP contribution in [0.3, 0.4) is 0 Å². The molecule has 0 aromatic heterocycles. The minimum Gasteiger partial charge on any atom is -0.352 e. The molecule has 0 saturated heterocycles. The van der Waals surface area contributed by atoms with Gasteiger partial charge in [-0.3, -0.25) is 13.9 Å². The number of hydrogen-bond donors (Lipinski definition) is 1. The summed E-state index contributed by atoms with van der Waals surface area (Å²) in [5, 5.41) is 3.29. The van der Waals surface area contributed by atoms with E-state index in [2.05, 4.69) is 5.32 Å². The zero-order valence-corrected chi connectivity index (χ0v) is 25.6. The van der Waals surface area contributed by atoms with Gasteiger partial charge in [0.15, 0.2) is 0 Å². The predicted octanol–water partition coefficient (Wildman–Crippen LogP) is 6.14. The van der Waals surface area contributed by atoms with Gasteiger partial charge >= 0.3 is 0 Å². The van der Waals surface area contributed by atoms with Crippen LogP contribution >= 0.6 is 23.2 Å². The highest BCUT2D eigenvalue weighted by atomic mass is 35.5. The Balaban J connectivity index is 2.10. The molecule has 0 saturated carbocycles. The SMILES string of the molecule is CC[C@H](C(=O)NC(C)C)N(Cc1ccccc1C)C(=O)CN(c1ccc(Cl)c(Cl)c1)S(=O)(=O)c1ccc(C)cc1. The zero-order chi connectivity index (χ0) is 29.6. The van der Waals surface area contributed by atoms with Gasteiger partial charge in [0.05, 0.1) is 20.6 Å². The van der Waals surface area contributed by atoms with E-state index in [1.54, 1.807) is 12.1 Å². The number of amides is 2. The molecule has 2 amide bonds. The second kappa shape index (κ2) is 13.5. The first kappa shape index (κ1) is 31.5. The molecule has 214 valence electrons. The second-order valence-electron chi connectivity index (χ2n) is 9.96. The lowest BCUT2D eigenvalue weighted by molar-refractivity contribution is -0.140. The highest BCUT2D eigenvalue weighted by Gasteiger charge is 2.34. The van der Waals surface area contributed by atoms with Crippen LogP contribution in [0.4, 0.5) is 5.69 Å². The van der Waals surface area contributed by atoms with Crippen molar-refractivity contribution in [2.24, 2.45) is 0 Å². The van der Waals surface area contributed by atoms with Crippen LogP contribution in [-0.2, 0) is 26.2 Å². The molecule has 0 unspecified atom stereocenters. The Morgan fingerprint density at radius 3 is 2.15 bits per heavy atom. The molecular weight excluding hydrogens is 569 g/mol. The Bertz CT molecular complexity index is 1460. The molecule has 0 spiro atoms. The third-order valence-corrected chi connectivity index (χ3v) is 9.02. The third-order valence-electron chi connectivity index (χ3n) is 6.50. The molecule has 1 N–H and O–H groups in total. The monoisotopic (exact) mass is 603 g/mol. The number of carbonyl (C=O) groups is 2. The van der Waals surface area contributed by atoms with Gasteiger partial charge in [0.2, 0.25) is 11.8 Å². The van der Waals surface area contributed by atoms with Crippen LogP contribution in [0.25, 0.3) is 0 Å². The van der Waals surface area contributed by atoms with Crippen molar-refractivity contribution in [1.82, 2.24) is 10.2 Å². The average Bonchev–Trinajstić information content (AvgIpc) is 2.89. The molecule has 3 aromatic carbocycles. The summed E-state index contributed by atoms with van der Waals surface area (Å²) in [4.78, 5) is 28.8. The van der Waals surface area contributed by atoms with Gasteiger partial charge in [0.1, 0.15) is 12.6 Å². The molecule has 10 heteroatoms. The molecule has 0 fully saturated rings. The van der Waals surface area contributed by atoms with E-state index in [1.807, 2.05) is 58.9 Å². The van der Waals surface area contributed by atoms with Gasteiger partial charge in [-0.05, 0) is 75.6 Å². The van der Waals surface area contributed by atoms with Gasteiger partial charge in [-0.2, -0.15) is 0 Å². The lowest BCUT2D eigenvalue weighted by Gasteiger charge is -2.34. The maximum absolute atomic E-state index is 14.1. The molecule has 3 rings (SSSR count). The van der Waals surface area contributed by atoms with Crippen LogP contribution in [-0.4, -0.2) is 43.8 Å². The van der Waals surface area contributed by atoms with E-state index in [0.717, 1.165) is 21.0 Å². The van der Waals surface area contributed by atoms with Crippen LogP contribution in [0, 0.1) is 13.8 Å². The molecule has 0 aliphatic rings. The van der Waals surface area contributed by atoms with Gasteiger partial charge in [-0.1, -0.05) is 72.1 Å². The Labute approximate surface area is 247 Å². The molecular formula is C30H35Cl2N3O4S. The van der Waals surface area contributed by atoms with Crippen molar-refractivity contribution < 1.29 is 18.0 Å². The number of nitrogens with zero attached hydrogens (tertiary/aromatic N) is 2. The largest absolute Gasteiger partial charge is 0.352 e. The first-order valence-corrected chi connectivity index (χ1v) is 15.2. The van der Waals surface area contributed by atoms with E-state index in [4.69, 9.17) is 23.2 Å². The van der Waals surface area contributed by atoms with Crippen molar-refractivity contribution in [2.75, 3.05) is 10.8 Å². The first-order valence-electron chi connectivity index (χ1n) is 13.0. The van der Waals surface area contributed by atoms with Crippen LogP contribution < -0.4 is 9.62 Å². The van der Waals surface area contributed by atoms with E-state index in [1.165, 1.54) is 35.2 Å². The van der Waals surface area contributed by atoms with E-state index in [-0.39, 0.29) is 39.1 Å². The number of rotatable bonds is 11. The molecule has 0 radical (unpaired) electrons. The molecule has 7 nitrogen and oxygen atoms in total. The Kier molecular flexibility index (Phi) is 10.6. The van der Waals surface area contributed by atoms with Crippen molar-refractivity contribution in [2.45, 2.75) is 64.6 Å². The predicted molar refractivity (Wildman–Crippen MR) is 161 cm³/mol. The summed E-state index contributed by atoms with van der Waals surface area (Å²) in [6.07, 6.45) is 0.341. The quantitative estimate of drug-likeness (QED) is 0.285. The molecule has 3 aromatic rings. The number of halogens is 2. The summed E-state index contributed by atoms with van der Waals surface area (Å²) in [6, 6.07) is 17.4. The van der Waals surface area contributed by atoms with Gasteiger partial charge in [0, 0.05) is 12.6 Å². The zero-order valence-electron chi connectivity index (χ0n) is 23.3. The number of sulfonamides is 1. The van der Waals surface area contributed by atoms with Gasteiger partial charge in [-0.15, -0.1) is 0 Å². The third kappa shape index (κ3) is 7.56. The summed E-state index contributed by atoms with van der Waals surface area (Å²) in [7, 11) is -4.20. The minimum atomic E-state index is -4.20. The minimum absolute atomic E-state index is 0.0204. The second-order valence-corrected chi connectivity index (χ2v) is 12.6. The van der Waals surface area contributed by atoms with Crippen molar-refractivity contribution in [3.63, 3.8) is 0 Å². The number of nitrogens with one attached hydrogen (secondary N) is 1. The number of benzene rings is 3. The number of aryl methyl sites for hydroxylation is 2. The van der Waals surface area contributed by atoms with Crippen LogP contribution in [0.1, 0.15) is 43.9 Å². The normalized spacial score (nSPS) is 12.2. The maximum Gasteiger partial charge on any atom is 0.264 e. The summed E-state index contributed by atoms with van der Waals surface area (Å²) < 4.78 is 28.9. The number of anilines is 1. The van der Waals surface area contributed by atoms with E-state index in [9.17, 15) is 18.0 Å². The molecule has 1 atom stereocenters. The highest BCUT2D eigenvalue weighted by Crippen LogP contribution is 2.31. The van der Waals surface area contributed by atoms with Crippen molar-refractivity contribution >= 4 is 50.7 Å². The smallest absolute Gasteiger partial charge is 0.264 e. The Morgan fingerprint density at radius 1 is 0.925 bits per heavy atom. The topological polar surface area (TPSA) is 86.8 Å². The van der Waals surface area contributed by atoms with E-state index < -0.39 is 28.5 Å². The Morgan fingerprint density at radius 2 is 1.57 bits per heavy atom.